The first kappa shape index (κ1) is 21.5. The molecule has 0 unspecified atom stereocenters. The van der Waals surface area contributed by atoms with E-state index in [-0.39, 0.29) is 12.2 Å². The summed E-state index contributed by atoms with van der Waals surface area (Å²) in [5.41, 5.74) is 3.49. The van der Waals surface area contributed by atoms with E-state index in [9.17, 15) is 14.7 Å². The summed E-state index contributed by atoms with van der Waals surface area (Å²) in [7, 11) is 1.55. The van der Waals surface area contributed by atoms with E-state index >= 15 is 0 Å². The Labute approximate surface area is 176 Å². The molecule has 0 bridgehead atoms. The van der Waals surface area contributed by atoms with Gasteiger partial charge in [-0.25, -0.2) is 5.43 Å². The van der Waals surface area contributed by atoms with E-state index in [4.69, 9.17) is 9.47 Å². The van der Waals surface area contributed by atoms with Crippen molar-refractivity contribution < 1.29 is 24.2 Å². The Bertz CT molecular complexity index is 869. The number of ether oxygens (including phenoxy) is 2. The largest absolute Gasteiger partial charge is 0.504 e. The molecule has 8 nitrogen and oxygen atoms in total. The topological polar surface area (TPSA) is 109 Å². The number of amides is 2. The number of aromatic hydroxyl groups is 1. The number of hydrogen-bond acceptors (Lipinski definition) is 6. The molecule has 0 spiro atoms. The van der Waals surface area contributed by atoms with Crippen LogP contribution in [-0.2, 0) is 9.59 Å². The van der Waals surface area contributed by atoms with E-state index in [1.165, 1.54) is 6.21 Å². The zero-order chi connectivity index (χ0) is 20.5. The van der Waals surface area contributed by atoms with E-state index in [1.54, 1.807) is 43.5 Å². The maximum Gasteiger partial charge on any atom is 0.249 e. The second-order valence-electron chi connectivity index (χ2n) is 5.53. The fourth-order valence-electron chi connectivity index (χ4n) is 2.18. The number of hydrogen-bond donors (Lipinski definition) is 3. The number of carbonyl (C=O) groups is 2. The molecule has 0 atom stereocenters. The number of nitrogens with zero attached hydrogens (tertiary/aromatic N) is 1. The maximum atomic E-state index is 11.9. The van der Waals surface area contributed by atoms with Crippen LogP contribution in [0.4, 0.5) is 5.69 Å². The Morgan fingerprint density at radius 1 is 1.21 bits per heavy atom. The van der Waals surface area contributed by atoms with Gasteiger partial charge in [0, 0.05) is 5.69 Å². The standard InChI is InChI=1S/C19H20IN3O5/c1-3-28-16-9-12(8-15(20)19(16)26)11-21-23-18(25)10-17(24)22-13-4-6-14(27-2)7-5-13/h4-9,11,26H,3,10H2,1-2H3,(H,22,24)(H,23,25)/b21-11+. The lowest BCUT2D eigenvalue weighted by Crippen LogP contribution is -2.24. The van der Waals surface area contributed by atoms with Crippen LogP contribution in [0, 0.1) is 3.57 Å². The summed E-state index contributed by atoms with van der Waals surface area (Å²) >= 11 is 1.97. The summed E-state index contributed by atoms with van der Waals surface area (Å²) in [6.45, 7) is 2.22. The van der Waals surface area contributed by atoms with Gasteiger partial charge >= 0.3 is 0 Å². The number of benzene rings is 2. The van der Waals surface area contributed by atoms with Gasteiger partial charge in [-0.2, -0.15) is 5.10 Å². The maximum absolute atomic E-state index is 11.9. The minimum atomic E-state index is -0.555. The molecule has 0 radical (unpaired) electrons. The molecule has 9 heteroatoms. The van der Waals surface area contributed by atoms with Crippen molar-refractivity contribution in [2.45, 2.75) is 13.3 Å². The first-order chi connectivity index (χ1) is 13.4. The highest BCUT2D eigenvalue weighted by atomic mass is 127. The quantitative estimate of drug-likeness (QED) is 0.225. The minimum Gasteiger partial charge on any atom is -0.504 e. The number of rotatable bonds is 8. The number of methoxy groups -OCH3 is 1. The van der Waals surface area contributed by atoms with Gasteiger partial charge in [0.2, 0.25) is 11.8 Å². The van der Waals surface area contributed by atoms with E-state index in [2.05, 4.69) is 15.8 Å². The summed E-state index contributed by atoms with van der Waals surface area (Å²) in [6, 6.07) is 10.0. The fourth-order valence-corrected chi connectivity index (χ4v) is 2.80. The monoisotopic (exact) mass is 497 g/mol. The summed E-state index contributed by atoms with van der Waals surface area (Å²) < 4.78 is 11.0. The van der Waals surface area contributed by atoms with Gasteiger partial charge in [0.1, 0.15) is 12.2 Å². The summed E-state index contributed by atoms with van der Waals surface area (Å²) in [4.78, 5) is 23.8. The number of hydrazone groups is 1. The van der Waals surface area contributed by atoms with Crippen LogP contribution >= 0.6 is 22.6 Å². The van der Waals surface area contributed by atoms with Gasteiger partial charge < -0.3 is 19.9 Å². The first-order valence-corrected chi connectivity index (χ1v) is 9.42. The van der Waals surface area contributed by atoms with Gasteiger partial charge in [-0.15, -0.1) is 0 Å². The van der Waals surface area contributed by atoms with Crippen molar-refractivity contribution in [1.29, 1.82) is 0 Å². The van der Waals surface area contributed by atoms with Crippen molar-refractivity contribution in [3.8, 4) is 17.2 Å². The zero-order valence-electron chi connectivity index (χ0n) is 15.4. The molecule has 0 heterocycles. The lowest BCUT2D eigenvalue weighted by atomic mass is 10.2. The van der Waals surface area contributed by atoms with Gasteiger partial charge in [-0.3, -0.25) is 9.59 Å². The fraction of sp³-hybridized carbons (Fsp3) is 0.211. The molecular weight excluding hydrogens is 477 g/mol. The highest BCUT2D eigenvalue weighted by Gasteiger charge is 2.10. The van der Waals surface area contributed by atoms with Crippen LogP contribution in [-0.4, -0.2) is 36.9 Å². The Morgan fingerprint density at radius 2 is 1.93 bits per heavy atom. The molecule has 3 N–H and O–H groups in total. The molecule has 0 aromatic heterocycles. The molecule has 2 amide bonds. The van der Waals surface area contributed by atoms with Crippen molar-refractivity contribution in [2.24, 2.45) is 5.10 Å². The molecule has 2 rings (SSSR count). The van der Waals surface area contributed by atoms with E-state index in [0.29, 0.717) is 32.9 Å². The number of nitrogens with one attached hydrogen (secondary N) is 2. The summed E-state index contributed by atoms with van der Waals surface area (Å²) in [6.07, 6.45) is 1.03. The van der Waals surface area contributed by atoms with Crippen LogP contribution < -0.4 is 20.2 Å². The van der Waals surface area contributed by atoms with Crippen LogP contribution in [0.25, 0.3) is 0 Å². The highest BCUT2D eigenvalue weighted by molar-refractivity contribution is 14.1. The number of carbonyl (C=O) groups excluding carboxylic acids is 2. The molecule has 0 saturated carbocycles. The zero-order valence-corrected chi connectivity index (χ0v) is 17.5. The second kappa shape index (κ2) is 10.5. The molecule has 0 fully saturated rings. The van der Waals surface area contributed by atoms with Crippen LogP contribution in [0.1, 0.15) is 18.9 Å². The Hall–Kier alpha value is -2.82. The second-order valence-corrected chi connectivity index (χ2v) is 6.69. The van der Waals surface area contributed by atoms with Crippen molar-refractivity contribution in [1.82, 2.24) is 5.43 Å². The van der Waals surface area contributed by atoms with Gasteiger partial charge in [0.05, 0.1) is 23.5 Å². The third-order valence-electron chi connectivity index (χ3n) is 3.45. The Morgan fingerprint density at radius 3 is 2.57 bits per heavy atom. The minimum absolute atomic E-state index is 0.0545. The van der Waals surface area contributed by atoms with Gasteiger partial charge in [0.25, 0.3) is 0 Å². The average molecular weight is 497 g/mol. The summed E-state index contributed by atoms with van der Waals surface area (Å²) in [5, 5.41) is 16.4. The van der Waals surface area contributed by atoms with Crippen LogP contribution in [0.5, 0.6) is 17.2 Å². The molecule has 0 aliphatic heterocycles. The molecule has 0 aliphatic rings. The molecule has 2 aromatic carbocycles. The average Bonchev–Trinajstić information content (AvgIpc) is 2.66. The van der Waals surface area contributed by atoms with Crippen LogP contribution in [0.3, 0.4) is 0 Å². The van der Waals surface area contributed by atoms with E-state index in [0.717, 1.165) is 0 Å². The molecule has 2 aromatic rings. The Balaban J connectivity index is 1.88. The smallest absolute Gasteiger partial charge is 0.249 e. The molecule has 148 valence electrons. The number of phenols is 1. The van der Waals surface area contributed by atoms with Gasteiger partial charge in [-0.1, -0.05) is 0 Å². The van der Waals surface area contributed by atoms with Crippen molar-refractivity contribution in [2.75, 3.05) is 19.0 Å². The lowest BCUT2D eigenvalue weighted by molar-refractivity contribution is -0.126. The number of phenolic OH excluding ortho intramolecular Hbond substituents is 1. The molecule has 0 saturated heterocycles. The number of halogens is 1. The van der Waals surface area contributed by atoms with E-state index < -0.39 is 11.8 Å². The molecule has 28 heavy (non-hydrogen) atoms. The predicted octanol–water partition coefficient (Wildman–Crippen LogP) is 2.88. The third kappa shape index (κ3) is 6.41. The van der Waals surface area contributed by atoms with Crippen LogP contribution in [0.15, 0.2) is 41.5 Å². The van der Waals surface area contributed by atoms with Crippen molar-refractivity contribution in [3.63, 3.8) is 0 Å². The van der Waals surface area contributed by atoms with Crippen LogP contribution in [0.2, 0.25) is 0 Å². The molecular formula is C19H20IN3O5. The first-order valence-electron chi connectivity index (χ1n) is 8.34. The summed E-state index contributed by atoms with van der Waals surface area (Å²) in [5.74, 6) is 0.0396. The number of anilines is 1. The Kier molecular flexibility index (Phi) is 8.05. The predicted molar refractivity (Wildman–Crippen MR) is 114 cm³/mol. The van der Waals surface area contributed by atoms with Crippen molar-refractivity contribution >= 4 is 46.3 Å². The normalized spacial score (nSPS) is 10.5. The highest BCUT2D eigenvalue weighted by Crippen LogP contribution is 2.32. The SMILES string of the molecule is CCOc1cc(/C=N/NC(=O)CC(=O)Nc2ccc(OC)cc2)cc(I)c1O. The van der Waals surface area contributed by atoms with Gasteiger partial charge in [-0.05, 0) is 71.5 Å². The van der Waals surface area contributed by atoms with Crippen molar-refractivity contribution in [3.05, 3.63) is 45.5 Å². The lowest BCUT2D eigenvalue weighted by Gasteiger charge is -2.08. The van der Waals surface area contributed by atoms with E-state index in [1.807, 2.05) is 29.5 Å². The van der Waals surface area contributed by atoms with Gasteiger partial charge in [0.15, 0.2) is 11.5 Å². The third-order valence-corrected chi connectivity index (χ3v) is 4.27. The molecule has 0 aliphatic carbocycles.